The molecule has 1 saturated carbocycles. The van der Waals surface area contributed by atoms with Crippen LogP contribution in [-0.4, -0.2) is 59.8 Å². The van der Waals surface area contributed by atoms with Gasteiger partial charge in [-0.25, -0.2) is 13.6 Å². The Kier molecular flexibility index (Phi) is 4.60. The van der Waals surface area contributed by atoms with E-state index in [-0.39, 0.29) is 40.7 Å². The highest BCUT2D eigenvalue weighted by Crippen LogP contribution is 2.65. The Morgan fingerprint density at radius 1 is 1.14 bits per heavy atom. The third-order valence-electron chi connectivity index (χ3n) is 6.76. The van der Waals surface area contributed by atoms with E-state index in [1.807, 2.05) is 27.7 Å². The lowest BCUT2D eigenvalue weighted by Gasteiger charge is -2.38. The van der Waals surface area contributed by atoms with Crippen LogP contribution < -0.4 is 4.90 Å². The minimum atomic E-state index is -1.09. The molecule has 6 nitrogen and oxygen atoms in total. The molecular formula is C21H26F2N2O4. The molecule has 2 saturated heterocycles. The van der Waals surface area contributed by atoms with Crippen molar-refractivity contribution >= 4 is 17.6 Å². The number of hydrogen-bond donors (Lipinski definition) is 1. The number of carboxylic acids is 1. The van der Waals surface area contributed by atoms with E-state index in [0.29, 0.717) is 19.6 Å². The van der Waals surface area contributed by atoms with Crippen LogP contribution in [0, 0.1) is 28.9 Å². The van der Waals surface area contributed by atoms with Crippen LogP contribution in [0.15, 0.2) is 12.1 Å². The summed E-state index contributed by atoms with van der Waals surface area (Å²) >= 11 is 0. The number of carbonyl (C=O) groups is 2. The van der Waals surface area contributed by atoms with E-state index in [2.05, 4.69) is 0 Å². The van der Waals surface area contributed by atoms with Gasteiger partial charge in [0.25, 0.3) is 5.91 Å². The zero-order valence-corrected chi connectivity index (χ0v) is 17.0. The molecule has 4 rings (SSSR count). The third-order valence-corrected chi connectivity index (χ3v) is 6.76. The van der Waals surface area contributed by atoms with Crippen LogP contribution in [0.2, 0.25) is 0 Å². The Hall–Kier alpha value is -2.22. The zero-order valence-electron chi connectivity index (χ0n) is 17.0. The van der Waals surface area contributed by atoms with Crippen molar-refractivity contribution in [2.75, 3.05) is 24.5 Å². The Balaban J connectivity index is 1.71. The number of likely N-dealkylation sites (tertiary alicyclic amines) is 1. The number of rotatable bonds is 3. The first kappa shape index (κ1) is 20.1. The molecule has 0 spiro atoms. The minimum Gasteiger partial charge on any atom is -0.480 e. The predicted molar refractivity (Wildman–Crippen MR) is 102 cm³/mol. The number of anilines is 1. The maximum atomic E-state index is 14.9. The number of aliphatic carboxylic acids is 1. The summed E-state index contributed by atoms with van der Waals surface area (Å²) in [7, 11) is 0. The van der Waals surface area contributed by atoms with E-state index in [9.17, 15) is 23.5 Å². The van der Waals surface area contributed by atoms with Gasteiger partial charge in [-0.2, -0.15) is 0 Å². The van der Waals surface area contributed by atoms with E-state index in [0.717, 1.165) is 6.07 Å². The quantitative estimate of drug-likeness (QED) is 0.833. The second-order valence-corrected chi connectivity index (χ2v) is 9.11. The van der Waals surface area contributed by atoms with Crippen LogP contribution in [0.1, 0.15) is 38.1 Å². The van der Waals surface area contributed by atoms with Crippen LogP contribution >= 0.6 is 0 Å². The summed E-state index contributed by atoms with van der Waals surface area (Å²) in [6, 6.07) is 1.23. The first-order valence-corrected chi connectivity index (χ1v) is 9.96. The fraction of sp³-hybridized carbons (Fsp3) is 0.619. The summed E-state index contributed by atoms with van der Waals surface area (Å²) in [5.74, 6) is -3.78. The number of piperidine rings is 1. The Labute approximate surface area is 168 Å². The van der Waals surface area contributed by atoms with E-state index >= 15 is 0 Å². The molecule has 1 unspecified atom stereocenters. The molecular weight excluding hydrogens is 382 g/mol. The van der Waals surface area contributed by atoms with Crippen molar-refractivity contribution in [2.24, 2.45) is 17.3 Å². The summed E-state index contributed by atoms with van der Waals surface area (Å²) in [6.07, 6.45) is -0.423. The molecule has 3 aliphatic rings. The smallest absolute Gasteiger partial charge is 0.326 e. The standard InChI is InChI=1S/C21H26F2N2O4/c1-10-7-24(8-11(2)29-10)17-12(5-6-14(22)16(17)23)19(26)25-9-13-15(21(13,3)4)18(25)20(27)28/h5-6,10-11,13,15,18H,7-9H2,1-4H3,(H,27,28)/t10-,11+,13-,15?,18-/m0/s1. The van der Waals surface area contributed by atoms with Crippen molar-refractivity contribution in [2.45, 2.75) is 45.9 Å². The number of carbonyl (C=O) groups excluding carboxylic acids is 1. The number of hydrogen-bond acceptors (Lipinski definition) is 4. The van der Waals surface area contributed by atoms with Crippen LogP contribution in [0.4, 0.5) is 14.5 Å². The summed E-state index contributed by atoms with van der Waals surface area (Å²) in [6.45, 7) is 8.59. The topological polar surface area (TPSA) is 70.1 Å². The molecule has 8 heteroatoms. The molecule has 5 atom stereocenters. The van der Waals surface area contributed by atoms with Crippen molar-refractivity contribution in [1.29, 1.82) is 0 Å². The molecule has 2 aliphatic heterocycles. The fourth-order valence-corrected chi connectivity index (χ4v) is 5.31. The van der Waals surface area contributed by atoms with Crippen molar-refractivity contribution in [1.82, 2.24) is 4.90 Å². The van der Waals surface area contributed by atoms with E-state index in [4.69, 9.17) is 4.74 Å². The van der Waals surface area contributed by atoms with Gasteiger partial charge in [-0.1, -0.05) is 13.8 Å². The Bertz CT molecular complexity index is 864. The number of amides is 1. The molecule has 1 aromatic carbocycles. The molecule has 29 heavy (non-hydrogen) atoms. The van der Waals surface area contributed by atoms with Gasteiger partial charge in [-0.15, -0.1) is 0 Å². The zero-order chi connectivity index (χ0) is 21.2. The normalized spacial score (nSPS) is 32.8. The Morgan fingerprint density at radius 3 is 2.34 bits per heavy atom. The van der Waals surface area contributed by atoms with Crippen LogP contribution in [0.5, 0.6) is 0 Å². The molecule has 1 N–H and O–H groups in total. The highest BCUT2D eigenvalue weighted by atomic mass is 19.2. The molecule has 0 radical (unpaired) electrons. The van der Waals surface area contributed by atoms with Gasteiger partial charge in [-0.3, -0.25) is 4.79 Å². The average Bonchev–Trinajstić information content (AvgIpc) is 2.99. The lowest BCUT2D eigenvalue weighted by molar-refractivity contribution is -0.142. The minimum absolute atomic E-state index is 0.00411. The van der Waals surface area contributed by atoms with Gasteiger partial charge in [-0.05, 0) is 37.3 Å². The number of morpholine rings is 1. The molecule has 0 bridgehead atoms. The number of benzene rings is 1. The van der Waals surface area contributed by atoms with Gasteiger partial charge in [0.15, 0.2) is 11.6 Å². The van der Waals surface area contributed by atoms with Crippen LogP contribution in [0.3, 0.4) is 0 Å². The Morgan fingerprint density at radius 2 is 1.76 bits per heavy atom. The second kappa shape index (κ2) is 6.65. The van der Waals surface area contributed by atoms with Gasteiger partial charge in [0.05, 0.1) is 23.5 Å². The van der Waals surface area contributed by atoms with Gasteiger partial charge in [0.2, 0.25) is 0 Å². The highest BCUT2D eigenvalue weighted by Gasteiger charge is 2.69. The molecule has 1 amide bonds. The molecule has 158 valence electrons. The number of fused-ring (bicyclic) bond motifs is 1. The summed E-state index contributed by atoms with van der Waals surface area (Å²) in [5, 5.41) is 9.74. The molecule has 3 fully saturated rings. The lowest BCUT2D eigenvalue weighted by Crippen LogP contribution is -2.48. The van der Waals surface area contributed by atoms with Gasteiger partial charge < -0.3 is 19.6 Å². The monoisotopic (exact) mass is 408 g/mol. The largest absolute Gasteiger partial charge is 0.480 e. The van der Waals surface area contributed by atoms with Crippen molar-refractivity contribution in [3.05, 3.63) is 29.3 Å². The van der Waals surface area contributed by atoms with E-state index in [1.54, 1.807) is 4.90 Å². The fourth-order valence-electron chi connectivity index (χ4n) is 5.31. The third kappa shape index (κ3) is 3.08. The number of nitrogens with zero attached hydrogens (tertiary/aromatic N) is 2. The maximum absolute atomic E-state index is 14.9. The van der Waals surface area contributed by atoms with Crippen LogP contribution in [0.25, 0.3) is 0 Å². The van der Waals surface area contributed by atoms with Crippen LogP contribution in [-0.2, 0) is 9.53 Å². The summed E-state index contributed by atoms with van der Waals surface area (Å²) in [5.41, 5.74) is -0.247. The lowest BCUT2D eigenvalue weighted by atomic mass is 9.99. The number of ether oxygens (including phenoxy) is 1. The van der Waals surface area contributed by atoms with Crippen molar-refractivity contribution in [3.63, 3.8) is 0 Å². The highest BCUT2D eigenvalue weighted by molar-refractivity contribution is 6.02. The van der Waals surface area contributed by atoms with Crippen molar-refractivity contribution < 1.29 is 28.2 Å². The molecule has 2 heterocycles. The number of halogens is 2. The van der Waals surface area contributed by atoms with Gasteiger partial charge >= 0.3 is 5.97 Å². The first-order valence-electron chi connectivity index (χ1n) is 9.96. The van der Waals surface area contributed by atoms with Crippen molar-refractivity contribution in [3.8, 4) is 0 Å². The summed E-state index contributed by atoms with van der Waals surface area (Å²) in [4.78, 5) is 28.2. The first-order chi connectivity index (χ1) is 13.5. The SMILES string of the molecule is C[C@@H]1CN(c2c(C(=O)N3C[C@H]4C([C@H]3C(=O)O)C4(C)C)ccc(F)c2F)C[C@H](C)O1. The average molecular weight is 408 g/mol. The van der Waals surface area contributed by atoms with Gasteiger partial charge in [0, 0.05) is 25.6 Å². The summed E-state index contributed by atoms with van der Waals surface area (Å²) < 4.78 is 34.6. The van der Waals surface area contributed by atoms with Gasteiger partial charge in [0.1, 0.15) is 6.04 Å². The molecule has 1 aliphatic carbocycles. The molecule has 1 aromatic rings. The van der Waals surface area contributed by atoms with E-state index < -0.39 is 29.6 Å². The van der Waals surface area contributed by atoms with E-state index in [1.165, 1.54) is 11.0 Å². The molecule has 0 aromatic heterocycles. The second-order valence-electron chi connectivity index (χ2n) is 9.11. The predicted octanol–water partition coefficient (Wildman–Crippen LogP) is 2.76. The number of carboxylic acid groups (broad SMARTS) is 1. The maximum Gasteiger partial charge on any atom is 0.326 e.